The Morgan fingerprint density at radius 3 is 1.30 bits per heavy atom. The van der Waals surface area contributed by atoms with Crippen LogP contribution in [0, 0.1) is 77.4 Å². The van der Waals surface area contributed by atoms with Gasteiger partial charge in [0.15, 0.2) is 0 Å². The number of fused-ring (bicyclic) bond motifs is 6. The molecule has 0 nitrogen and oxygen atoms in total. The van der Waals surface area contributed by atoms with Gasteiger partial charge < -0.3 is 0 Å². The molecule has 0 aromatic carbocycles. The van der Waals surface area contributed by atoms with Crippen LogP contribution in [-0.2, 0) is 0 Å². The summed E-state index contributed by atoms with van der Waals surface area (Å²) < 4.78 is 0. The van der Waals surface area contributed by atoms with Crippen molar-refractivity contribution < 1.29 is 0 Å². The van der Waals surface area contributed by atoms with Crippen LogP contribution in [-0.4, -0.2) is 0 Å². The quantitative estimate of drug-likeness (QED) is 0.379. The van der Waals surface area contributed by atoms with Crippen LogP contribution in [0.5, 0.6) is 0 Å². The van der Waals surface area contributed by atoms with Crippen LogP contribution in [0.25, 0.3) is 0 Å². The molecule has 1 radical (unpaired) electrons. The zero-order chi connectivity index (χ0) is 19.7. The molecule has 7 saturated carbocycles. The van der Waals surface area contributed by atoms with Crippen molar-refractivity contribution in [1.29, 1.82) is 0 Å². The number of rotatable bonds is 0. The van der Waals surface area contributed by atoms with Crippen LogP contribution in [0.1, 0.15) is 109 Å². The highest BCUT2D eigenvalue weighted by Gasteiger charge is 2.51. The second kappa shape index (κ2) is 7.80. The zero-order valence-electron chi connectivity index (χ0n) is 19.5. The van der Waals surface area contributed by atoms with Crippen molar-refractivity contribution in [2.45, 2.75) is 109 Å². The van der Waals surface area contributed by atoms with Gasteiger partial charge in [-0.2, -0.15) is 0 Å². The Bertz CT molecular complexity index is 516. The van der Waals surface area contributed by atoms with Crippen LogP contribution in [0.4, 0.5) is 0 Å². The van der Waals surface area contributed by atoms with Gasteiger partial charge in [-0.15, -0.1) is 0 Å². The molecule has 0 amide bonds. The third-order valence-corrected chi connectivity index (χ3v) is 12.6. The van der Waals surface area contributed by atoms with Crippen molar-refractivity contribution >= 4 is 0 Å². The van der Waals surface area contributed by atoms with Crippen molar-refractivity contribution in [3.05, 3.63) is 6.42 Å². The first-order valence-electron chi connectivity index (χ1n) is 14.6. The van der Waals surface area contributed by atoms with Crippen LogP contribution in [0.2, 0.25) is 0 Å². The van der Waals surface area contributed by atoms with Gasteiger partial charge in [0.05, 0.1) is 0 Å². The van der Waals surface area contributed by atoms with Crippen molar-refractivity contribution in [3.63, 3.8) is 0 Å². The Kier molecular flexibility index (Phi) is 5.06. The molecule has 0 N–H and O–H groups in total. The first kappa shape index (κ1) is 19.5. The lowest BCUT2D eigenvalue weighted by atomic mass is 9.49. The maximum absolute atomic E-state index is 2.95. The average Bonchev–Trinajstić information content (AvgIpc) is 2.77. The Morgan fingerprint density at radius 2 is 0.700 bits per heavy atom. The molecule has 7 fully saturated rings. The molecule has 0 saturated heterocycles. The van der Waals surface area contributed by atoms with Crippen LogP contribution in [0.15, 0.2) is 0 Å². The van der Waals surface area contributed by atoms with E-state index in [0.29, 0.717) is 0 Å². The molecule has 0 aliphatic heterocycles. The standard InChI is InChI=1S/C30H47/c1-2-6-20-10-24-14-28-18-30-16-26-12-22-8-4-3-7-21(22)11-25(26)15-29(30)17-27(28)13-23(24)9-19(20)5-1/h9,19-30H,1-8,10-18H2. The second-order valence-corrected chi connectivity index (χ2v) is 13.8. The summed E-state index contributed by atoms with van der Waals surface area (Å²) in [6.07, 6.45) is 30.2. The summed E-state index contributed by atoms with van der Waals surface area (Å²) in [5.41, 5.74) is 0. The SMILES string of the molecule is [CH]1C2CCCCC2CC2CC3CC4CC5CC6CCCCC6CC5CC4CC3CC12. The van der Waals surface area contributed by atoms with Crippen molar-refractivity contribution in [1.82, 2.24) is 0 Å². The Balaban J connectivity index is 1.03. The fourth-order valence-corrected chi connectivity index (χ4v) is 11.2. The molecule has 0 bridgehead atoms. The summed E-state index contributed by atoms with van der Waals surface area (Å²) >= 11 is 0. The minimum absolute atomic E-state index is 1.02. The van der Waals surface area contributed by atoms with Crippen LogP contribution in [0.3, 0.4) is 0 Å². The summed E-state index contributed by atoms with van der Waals surface area (Å²) in [6.45, 7) is 0. The molecule has 0 heteroatoms. The minimum atomic E-state index is 1.02. The molecule has 167 valence electrons. The summed E-state index contributed by atoms with van der Waals surface area (Å²) in [6, 6.07) is 0. The van der Waals surface area contributed by atoms with E-state index in [-0.39, 0.29) is 0 Å². The van der Waals surface area contributed by atoms with E-state index in [9.17, 15) is 0 Å². The number of hydrogen-bond acceptors (Lipinski definition) is 0. The lowest BCUT2D eigenvalue weighted by Crippen LogP contribution is -2.47. The molecule has 0 heterocycles. The highest BCUT2D eigenvalue weighted by molar-refractivity contribution is 5.05. The van der Waals surface area contributed by atoms with Gasteiger partial charge in [-0.3, -0.25) is 0 Å². The molecule has 0 aromatic heterocycles. The smallest absolute Gasteiger partial charge is 0.0318 e. The molecular formula is C30H47. The average molecular weight is 408 g/mol. The van der Waals surface area contributed by atoms with Crippen molar-refractivity contribution in [3.8, 4) is 0 Å². The van der Waals surface area contributed by atoms with E-state index in [1.807, 2.05) is 0 Å². The third kappa shape index (κ3) is 3.36. The van der Waals surface area contributed by atoms with E-state index >= 15 is 0 Å². The lowest BCUT2D eigenvalue weighted by molar-refractivity contribution is -0.0530. The van der Waals surface area contributed by atoms with Crippen LogP contribution < -0.4 is 0 Å². The van der Waals surface area contributed by atoms with E-state index < -0.39 is 0 Å². The molecule has 7 aliphatic carbocycles. The Morgan fingerprint density at radius 1 is 0.300 bits per heavy atom. The Hall–Kier alpha value is 0. The molecule has 7 rings (SSSR count). The van der Waals surface area contributed by atoms with Gasteiger partial charge in [0.2, 0.25) is 0 Å². The third-order valence-electron chi connectivity index (χ3n) is 12.6. The van der Waals surface area contributed by atoms with E-state index in [1.54, 1.807) is 89.9 Å². The molecular weight excluding hydrogens is 360 g/mol. The van der Waals surface area contributed by atoms with Crippen molar-refractivity contribution in [2.75, 3.05) is 0 Å². The van der Waals surface area contributed by atoms with Crippen molar-refractivity contribution in [2.24, 2.45) is 71.0 Å². The first-order chi connectivity index (χ1) is 14.8. The predicted octanol–water partition coefficient (Wildman–Crippen LogP) is 8.31. The summed E-state index contributed by atoms with van der Waals surface area (Å²) in [4.78, 5) is 0. The van der Waals surface area contributed by atoms with Gasteiger partial charge in [-0.1, -0.05) is 44.9 Å². The van der Waals surface area contributed by atoms with Gasteiger partial charge in [-0.05, 0) is 142 Å². The Labute approximate surface area is 186 Å². The van der Waals surface area contributed by atoms with E-state index in [2.05, 4.69) is 6.42 Å². The van der Waals surface area contributed by atoms with E-state index in [0.717, 1.165) is 71.0 Å². The maximum atomic E-state index is 2.95. The molecule has 30 heavy (non-hydrogen) atoms. The predicted molar refractivity (Wildman–Crippen MR) is 125 cm³/mol. The van der Waals surface area contributed by atoms with Gasteiger partial charge in [0.1, 0.15) is 0 Å². The van der Waals surface area contributed by atoms with Gasteiger partial charge in [0.25, 0.3) is 0 Å². The molecule has 0 spiro atoms. The molecule has 12 unspecified atom stereocenters. The normalized spacial score (nSPS) is 57.6. The van der Waals surface area contributed by atoms with Gasteiger partial charge in [0, 0.05) is 0 Å². The molecule has 7 aliphatic rings. The lowest BCUT2D eigenvalue weighted by Gasteiger charge is -2.56. The van der Waals surface area contributed by atoms with E-state index in [1.165, 1.54) is 19.3 Å². The molecule has 12 atom stereocenters. The highest BCUT2D eigenvalue weighted by Crippen LogP contribution is 2.60. The topological polar surface area (TPSA) is 0 Å². The minimum Gasteiger partial charge on any atom is -0.0530 e. The zero-order valence-corrected chi connectivity index (χ0v) is 19.5. The van der Waals surface area contributed by atoms with Gasteiger partial charge in [-0.25, -0.2) is 0 Å². The first-order valence-corrected chi connectivity index (χ1v) is 14.6. The van der Waals surface area contributed by atoms with Gasteiger partial charge >= 0.3 is 0 Å². The highest BCUT2D eigenvalue weighted by atomic mass is 14.6. The maximum Gasteiger partial charge on any atom is -0.0318 e. The summed E-state index contributed by atoms with van der Waals surface area (Å²) in [7, 11) is 0. The fraction of sp³-hybridized carbons (Fsp3) is 0.967. The second-order valence-electron chi connectivity index (χ2n) is 13.8. The summed E-state index contributed by atoms with van der Waals surface area (Å²) in [5, 5.41) is 0. The largest absolute Gasteiger partial charge is 0.0530 e. The summed E-state index contributed by atoms with van der Waals surface area (Å²) in [5.74, 6) is 13.3. The fourth-order valence-electron chi connectivity index (χ4n) is 11.2. The number of hydrogen-bond donors (Lipinski definition) is 0. The monoisotopic (exact) mass is 407 g/mol. The van der Waals surface area contributed by atoms with E-state index in [4.69, 9.17) is 0 Å². The molecule has 0 aromatic rings. The van der Waals surface area contributed by atoms with Crippen LogP contribution >= 0.6 is 0 Å².